The molecule has 0 radical (unpaired) electrons. The molecule has 8 heteroatoms. The van der Waals surface area contributed by atoms with E-state index in [4.69, 9.17) is 11.5 Å². The minimum Gasteiger partial charge on any atom is -0.481 e. The number of amides is 3. The molecule has 1 heterocycles. The fourth-order valence-corrected chi connectivity index (χ4v) is 9.96. The molecule has 1 aromatic carbocycles. The summed E-state index contributed by atoms with van der Waals surface area (Å²) in [5, 5.41) is 22.4. The molecule has 8 nitrogen and oxygen atoms in total. The lowest BCUT2D eigenvalue weighted by Crippen LogP contribution is -2.54. The number of imide groups is 1. The van der Waals surface area contributed by atoms with Crippen molar-refractivity contribution in [2.75, 3.05) is 7.05 Å². The first-order valence-electron chi connectivity index (χ1n) is 18.5. The topological polar surface area (TPSA) is 124 Å². The number of hydrogen-bond acceptors (Lipinski definition) is 5. The molecule has 1 aromatic rings. The molecule has 1 saturated heterocycles. The van der Waals surface area contributed by atoms with Gasteiger partial charge in [-0.15, -0.1) is 6.42 Å². The van der Waals surface area contributed by atoms with E-state index in [1.807, 2.05) is 57.2 Å². The Balaban J connectivity index is 0.000000182. The van der Waals surface area contributed by atoms with E-state index in [1.54, 1.807) is 0 Å². The summed E-state index contributed by atoms with van der Waals surface area (Å²) in [5.41, 5.74) is 0.527. The average Bonchev–Trinajstić information content (AvgIpc) is 3.50. The number of carboxylic acid groups (broad SMARTS) is 1. The van der Waals surface area contributed by atoms with Crippen LogP contribution in [-0.4, -0.2) is 51.5 Å². The van der Waals surface area contributed by atoms with Gasteiger partial charge in [-0.05, 0) is 99.0 Å². The molecule has 49 heavy (non-hydrogen) atoms. The molecule has 5 aliphatic rings. The van der Waals surface area contributed by atoms with Gasteiger partial charge in [-0.1, -0.05) is 89.3 Å². The van der Waals surface area contributed by atoms with E-state index in [-0.39, 0.29) is 28.7 Å². The van der Waals surface area contributed by atoms with Crippen LogP contribution >= 0.6 is 0 Å². The lowest BCUT2D eigenvalue weighted by molar-refractivity contribution is -0.142. The van der Waals surface area contributed by atoms with Crippen LogP contribution in [0.3, 0.4) is 0 Å². The lowest BCUT2D eigenvalue weighted by Gasteiger charge is -2.58. The number of ketones is 1. The number of nitrogens with zero attached hydrogens (tertiary/aromatic N) is 1. The number of fused-ring (bicyclic) bond motifs is 5. The summed E-state index contributed by atoms with van der Waals surface area (Å²) in [6, 6.07) is 9.00. The third kappa shape index (κ3) is 6.98. The summed E-state index contributed by atoms with van der Waals surface area (Å²) in [6.45, 7) is 10.6. The monoisotopic (exact) mass is 674 g/mol. The van der Waals surface area contributed by atoms with Gasteiger partial charge in [0, 0.05) is 18.9 Å². The van der Waals surface area contributed by atoms with Crippen LogP contribution in [0, 0.1) is 46.8 Å². The molecule has 0 spiro atoms. The molecule has 1 unspecified atom stereocenters. The number of allylic oxidation sites excluding steroid dienone is 1. The molecule has 7 atom stereocenters. The zero-order valence-electron chi connectivity index (χ0n) is 30.5. The average molecular weight is 675 g/mol. The molecule has 0 bridgehead atoms. The number of aliphatic hydroxyl groups is 1. The second kappa shape index (κ2) is 15.2. The van der Waals surface area contributed by atoms with Gasteiger partial charge >= 0.3 is 12.0 Å². The molecule has 1 aliphatic heterocycles. The van der Waals surface area contributed by atoms with Crippen molar-refractivity contribution in [3.63, 3.8) is 0 Å². The predicted molar refractivity (Wildman–Crippen MR) is 191 cm³/mol. The molecule has 4 fully saturated rings. The number of urea groups is 1. The Morgan fingerprint density at radius 3 is 2.14 bits per heavy atom. The van der Waals surface area contributed by atoms with Crippen molar-refractivity contribution in [3.05, 3.63) is 47.5 Å². The number of benzene rings is 1. The highest BCUT2D eigenvalue weighted by Crippen LogP contribution is 2.67. The Kier molecular flexibility index (Phi) is 11.9. The van der Waals surface area contributed by atoms with Gasteiger partial charge in [0.1, 0.15) is 11.1 Å². The number of carboxylic acids is 1. The molecular formula is C41H58N2O6. The minimum absolute atomic E-state index is 0.102. The van der Waals surface area contributed by atoms with E-state index in [0.717, 1.165) is 74.7 Å². The fraction of sp³-hybridized carbons (Fsp3) is 0.659. The smallest absolute Gasteiger partial charge is 0.325 e. The quantitative estimate of drug-likeness (QED) is 0.202. The maximum absolute atomic E-state index is 12.1. The van der Waals surface area contributed by atoms with Crippen molar-refractivity contribution in [2.24, 2.45) is 34.5 Å². The predicted octanol–water partition coefficient (Wildman–Crippen LogP) is 7.64. The van der Waals surface area contributed by atoms with Crippen LogP contribution in [-0.2, 0) is 19.9 Å². The van der Waals surface area contributed by atoms with E-state index in [2.05, 4.69) is 25.1 Å². The SMILES string of the molecule is C#C[C@]1(O)CC[C@H]2[C@@H]3CCC4=CC(=O)CC[C@]4(C)[C@H]3CC[C@@]21C.CCC1(c2ccccc2)NC(=O)N(C)C1=O.CCCC(CCC)C(=O)O. The van der Waals surface area contributed by atoms with E-state index < -0.39 is 17.1 Å². The first-order chi connectivity index (χ1) is 23.2. The number of rotatable bonds is 7. The Morgan fingerprint density at radius 2 is 1.61 bits per heavy atom. The van der Waals surface area contributed by atoms with E-state index in [0.29, 0.717) is 36.4 Å². The van der Waals surface area contributed by atoms with Crippen molar-refractivity contribution >= 4 is 23.7 Å². The van der Waals surface area contributed by atoms with E-state index in [1.165, 1.54) is 19.0 Å². The van der Waals surface area contributed by atoms with Crippen LogP contribution in [0.2, 0.25) is 0 Å². The van der Waals surface area contributed by atoms with Crippen molar-refractivity contribution in [1.29, 1.82) is 0 Å². The highest BCUT2D eigenvalue weighted by molar-refractivity contribution is 6.07. The van der Waals surface area contributed by atoms with Gasteiger partial charge in [0.25, 0.3) is 5.91 Å². The van der Waals surface area contributed by atoms with Gasteiger partial charge in [0.2, 0.25) is 0 Å². The van der Waals surface area contributed by atoms with Crippen LogP contribution in [0.5, 0.6) is 0 Å². The number of nitrogens with one attached hydrogen (secondary N) is 1. The van der Waals surface area contributed by atoms with E-state index in [9.17, 15) is 24.3 Å². The summed E-state index contributed by atoms with van der Waals surface area (Å²) < 4.78 is 0. The third-order valence-electron chi connectivity index (χ3n) is 13.1. The molecular weight excluding hydrogens is 616 g/mol. The van der Waals surface area contributed by atoms with Crippen molar-refractivity contribution in [3.8, 4) is 12.3 Å². The van der Waals surface area contributed by atoms with Gasteiger partial charge in [-0.3, -0.25) is 19.3 Å². The molecule has 0 aromatic heterocycles. The number of hydrogen-bond donors (Lipinski definition) is 3. The molecule has 3 amide bonds. The van der Waals surface area contributed by atoms with Crippen molar-refractivity contribution < 1.29 is 29.4 Å². The molecule has 3 N–H and O–H groups in total. The summed E-state index contributed by atoms with van der Waals surface area (Å²) in [6.07, 6.45) is 19.8. The first-order valence-corrected chi connectivity index (χ1v) is 18.5. The number of aliphatic carboxylic acids is 1. The van der Waals surface area contributed by atoms with Crippen LogP contribution in [0.1, 0.15) is 124 Å². The summed E-state index contributed by atoms with van der Waals surface area (Å²) in [7, 11) is 1.50. The standard InChI is InChI=1S/C21H28O2.C12H14N2O2.C8H16O2/c1-4-21(23)12-9-18-16-6-5-14-13-15(22)7-10-19(14,2)17(16)8-11-20(18,21)3;1-3-12(9-7-5-4-6-8-9)10(15)14(2)11(16)13-12;1-3-5-7(6-4-2)8(9)10/h1,13,16-18,23H,5-12H2,2-3H3;4-8H,3H2,1-2H3,(H,13,16);7H,3-6H2,1-2H3,(H,9,10)/t16-,17+,18+,19+,20+,21+;;/m1../s1. The van der Waals surface area contributed by atoms with Gasteiger partial charge in [-0.2, -0.15) is 0 Å². The highest BCUT2D eigenvalue weighted by atomic mass is 16.4. The normalized spacial score (nSPS) is 34.6. The fourth-order valence-electron chi connectivity index (χ4n) is 9.96. The highest BCUT2D eigenvalue weighted by Gasteiger charge is 2.63. The number of likely N-dealkylation sites (N-methyl/N-ethyl adjacent to an activating group) is 1. The van der Waals surface area contributed by atoms with Crippen LogP contribution in [0.4, 0.5) is 4.79 Å². The molecule has 4 aliphatic carbocycles. The molecule has 6 rings (SSSR count). The zero-order chi connectivity index (χ0) is 36.2. The summed E-state index contributed by atoms with van der Waals surface area (Å²) in [5.74, 6) is 4.00. The second-order valence-corrected chi connectivity index (χ2v) is 15.5. The van der Waals surface area contributed by atoms with Gasteiger partial charge in [0.15, 0.2) is 5.78 Å². The lowest BCUT2D eigenvalue weighted by atomic mass is 9.46. The van der Waals surface area contributed by atoms with E-state index >= 15 is 0 Å². The largest absolute Gasteiger partial charge is 0.481 e. The minimum atomic E-state index is -0.914. The van der Waals surface area contributed by atoms with Crippen molar-refractivity contribution in [1.82, 2.24) is 10.2 Å². The Bertz CT molecular complexity index is 1460. The maximum Gasteiger partial charge on any atom is 0.325 e. The van der Waals surface area contributed by atoms with Gasteiger partial charge in [0.05, 0.1) is 5.92 Å². The summed E-state index contributed by atoms with van der Waals surface area (Å²) >= 11 is 0. The second-order valence-electron chi connectivity index (χ2n) is 15.5. The van der Waals surface area contributed by atoms with Crippen molar-refractivity contribution in [2.45, 2.75) is 129 Å². The zero-order valence-corrected chi connectivity index (χ0v) is 30.5. The van der Waals surface area contributed by atoms with Crippen LogP contribution in [0.25, 0.3) is 0 Å². The van der Waals surface area contributed by atoms with Gasteiger partial charge in [-0.25, -0.2) is 4.79 Å². The van der Waals surface area contributed by atoms with Crippen LogP contribution < -0.4 is 5.32 Å². The van der Waals surface area contributed by atoms with Gasteiger partial charge < -0.3 is 15.5 Å². The molecule has 3 saturated carbocycles. The Morgan fingerprint density at radius 1 is 0.980 bits per heavy atom. The Labute approximate surface area is 293 Å². The Hall–Kier alpha value is -3.44. The summed E-state index contributed by atoms with van der Waals surface area (Å²) in [4.78, 5) is 47.1. The third-order valence-corrected chi connectivity index (χ3v) is 13.1. The number of carbonyl (C=O) groups excluding carboxylic acids is 3. The molecule has 268 valence electrons. The number of terminal acetylenes is 1. The first kappa shape index (κ1) is 38.4. The number of carbonyl (C=O) groups is 4. The van der Waals surface area contributed by atoms with Crippen LogP contribution in [0.15, 0.2) is 42.0 Å². The maximum atomic E-state index is 12.1.